The Bertz CT molecular complexity index is 592. The van der Waals surface area contributed by atoms with E-state index in [1.807, 2.05) is 6.92 Å². The number of ether oxygens (including phenoxy) is 2. The molecule has 0 aromatic heterocycles. The summed E-state index contributed by atoms with van der Waals surface area (Å²) in [5.74, 6) is -0.505. The fourth-order valence-corrected chi connectivity index (χ4v) is 4.29. The topological polar surface area (TPSA) is 76.0 Å². The fourth-order valence-electron chi connectivity index (χ4n) is 4.29. The highest BCUT2D eigenvalue weighted by Crippen LogP contribution is 2.42. The van der Waals surface area contributed by atoms with Gasteiger partial charge in [0, 0.05) is 12.8 Å². The van der Waals surface area contributed by atoms with E-state index in [2.05, 4.69) is 26.0 Å². The first-order valence-corrected chi connectivity index (χ1v) is 10.1. The molecule has 0 aromatic carbocycles. The van der Waals surface area contributed by atoms with Crippen molar-refractivity contribution in [3.63, 3.8) is 0 Å². The normalized spacial score (nSPS) is 38.9. The molecule has 0 radical (unpaired) electrons. The lowest BCUT2D eigenvalue weighted by Gasteiger charge is -2.49. The van der Waals surface area contributed by atoms with E-state index in [0.717, 1.165) is 25.7 Å². The van der Waals surface area contributed by atoms with Crippen LogP contribution in [0.1, 0.15) is 73.1 Å². The number of aliphatic hydroxyl groups is 2. The largest absolute Gasteiger partial charge is 0.459 e. The summed E-state index contributed by atoms with van der Waals surface area (Å²) in [4.78, 5) is 11.7. The van der Waals surface area contributed by atoms with Gasteiger partial charge < -0.3 is 19.7 Å². The number of aliphatic hydroxyl groups excluding tert-OH is 1. The summed E-state index contributed by atoms with van der Waals surface area (Å²) >= 11 is 0. The minimum atomic E-state index is -1.22. The Morgan fingerprint density at radius 3 is 2.67 bits per heavy atom. The quantitative estimate of drug-likeness (QED) is 0.577. The molecule has 2 heterocycles. The number of hydrogen-bond acceptors (Lipinski definition) is 5. The van der Waals surface area contributed by atoms with Crippen LogP contribution in [-0.2, 0) is 14.3 Å². The van der Waals surface area contributed by atoms with Crippen LogP contribution < -0.4 is 0 Å². The van der Waals surface area contributed by atoms with Gasteiger partial charge in [-0.2, -0.15) is 0 Å². The second-order valence-corrected chi connectivity index (χ2v) is 8.79. The summed E-state index contributed by atoms with van der Waals surface area (Å²) in [6, 6.07) is 0. The molecule has 1 unspecified atom stereocenters. The van der Waals surface area contributed by atoms with Gasteiger partial charge in [-0.1, -0.05) is 23.3 Å². The molecular weight excluding hydrogens is 344 g/mol. The van der Waals surface area contributed by atoms with Crippen molar-refractivity contribution in [2.75, 3.05) is 6.61 Å². The maximum absolute atomic E-state index is 11.7. The van der Waals surface area contributed by atoms with E-state index in [0.29, 0.717) is 12.8 Å². The van der Waals surface area contributed by atoms with Crippen molar-refractivity contribution >= 4 is 5.97 Å². The fraction of sp³-hybridized carbons (Fsp3) is 0.773. The lowest BCUT2D eigenvalue weighted by molar-refractivity contribution is -0.219. The first-order valence-electron chi connectivity index (χ1n) is 10.1. The average Bonchev–Trinajstić information content (AvgIpc) is 2.57. The van der Waals surface area contributed by atoms with Gasteiger partial charge in [-0.05, 0) is 66.2 Å². The van der Waals surface area contributed by atoms with E-state index in [-0.39, 0.29) is 30.7 Å². The van der Waals surface area contributed by atoms with Crippen LogP contribution in [0.25, 0.3) is 0 Å². The van der Waals surface area contributed by atoms with Crippen molar-refractivity contribution in [3.8, 4) is 0 Å². The van der Waals surface area contributed by atoms with E-state index >= 15 is 0 Å². The van der Waals surface area contributed by atoms with Crippen molar-refractivity contribution in [2.45, 2.75) is 96.6 Å². The smallest absolute Gasteiger partial charge is 0.303 e. The average molecular weight is 381 g/mol. The van der Waals surface area contributed by atoms with E-state index < -0.39 is 11.2 Å². The Labute approximate surface area is 163 Å². The number of rotatable bonds is 3. The van der Waals surface area contributed by atoms with E-state index in [9.17, 15) is 15.0 Å². The Morgan fingerprint density at radius 2 is 2.04 bits per heavy atom. The van der Waals surface area contributed by atoms with Crippen LogP contribution in [0.5, 0.6) is 0 Å². The van der Waals surface area contributed by atoms with Crippen molar-refractivity contribution in [3.05, 3.63) is 23.3 Å². The molecule has 5 atom stereocenters. The molecule has 0 spiro atoms. The zero-order valence-corrected chi connectivity index (χ0v) is 17.5. The standard InChI is InChI=1S/C22H36O5/c1-15-7-6-8-16(2)13-19-18(21(4,25)14-23)11-12-22(5,27-19)20(10-9-15)26-17(3)24/h7,13,18-20,23,25H,6,8-12,14H2,1-5H3/b15-7+,16-13+/t18-,19+,20-,21-,22?/m0/s1. The van der Waals surface area contributed by atoms with Crippen LogP contribution in [-0.4, -0.2) is 46.2 Å². The zero-order valence-electron chi connectivity index (χ0n) is 17.5. The second kappa shape index (κ2) is 8.89. The number of carbonyl (C=O) groups is 1. The van der Waals surface area contributed by atoms with Crippen LogP contribution >= 0.6 is 0 Å². The van der Waals surface area contributed by atoms with Gasteiger partial charge in [-0.25, -0.2) is 0 Å². The van der Waals surface area contributed by atoms with Gasteiger partial charge in [0.25, 0.3) is 0 Å². The molecule has 2 bridgehead atoms. The summed E-state index contributed by atoms with van der Waals surface area (Å²) in [6.45, 7) is 9.00. The van der Waals surface area contributed by atoms with Gasteiger partial charge in [0.2, 0.25) is 0 Å². The van der Waals surface area contributed by atoms with Gasteiger partial charge in [-0.3, -0.25) is 4.79 Å². The minimum absolute atomic E-state index is 0.205. The Morgan fingerprint density at radius 1 is 1.33 bits per heavy atom. The lowest BCUT2D eigenvalue weighted by Crippen LogP contribution is -2.56. The minimum Gasteiger partial charge on any atom is -0.459 e. The van der Waals surface area contributed by atoms with Crippen molar-refractivity contribution < 1.29 is 24.5 Å². The molecule has 2 aliphatic rings. The number of esters is 1. The van der Waals surface area contributed by atoms with E-state index in [1.165, 1.54) is 18.1 Å². The molecule has 0 aromatic rings. The first kappa shape index (κ1) is 22.1. The monoisotopic (exact) mass is 380 g/mol. The predicted molar refractivity (Wildman–Crippen MR) is 105 cm³/mol. The number of carbonyl (C=O) groups excluding carboxylic acids is 1. The Hall–Kier alpha value is -1.17. The molecule has 154 valence electrons. The first-order chi connectivity index (χ1) is 12.6. The predicted octanol–water partition coefficient (Wildman–Crippen LogP) is 3.68. The number of hydrogen-bond donors (Lipinski definition) is 2. The van der Waals surface area contributed by atoms with Gasteiger partial charge >= 0.3 is 5.97 Å². The Balaban J connectivity index is 2.40. The Kier molecular flexibility index (Phi) is 7.28. The van der Waals surface area contributed by atoms with Crippen LogP contribution in [0.15, 0.2) is 23.3 Å². The van der Waals surface area contributed by atoms with Gasteiger partial charge in [0.1, 0.15) is 11.7 Å². The van der Waals surface area contributed by atoms with E-state index in [1.54, 1.807) is 6.92 Å². The molecule has 0 aliphatic carbocycles. The SMILES string of the molecule is CC(=O)O[C@H]1CC/C(C)=C/CC/C(C)=C/[C@H]2OC1(C)CC[C@@H]2[C@@](C)(O)CO. The van der Waals surface area contributed by atoms with Crippen LogP contribution in [0.4, 0.5) is 0 Å². The molecule has 2 aliphatic heterocycles. The molecular formula is C22H36O5. The highest BCUT2D eigenvalue weighted by atomic mass is 16.6. The highest BCUT2D eigenvalue weighted by Gasteiger charge is 2.49. The molecule has 1 fully saturated rings. The third-order valence-corrected chi connectivity index (χ3v) is 6.14. The summed E-state index contributed by atoms with van der Waals surface area (Å²) in [5, 5.41) is 20.4. The second-order valence-electron chi connectivity index (χ2n) is 8.79. The molecule has 0 amide bonds. The molecule has 1 saturated heterocycles. The highest BCUT2D eigenvalue weighted by molar-refractivity contribution is 5.66. The van der Waals surface area contributed by atoms with Crippen LogP contribution in [0.3, 0.4) is 0 Å². The van der Waals surface area contributed by atoms with Gasteiger partial charge in [-0.15, -0.1) is 0 Å². The maximum Gasteiger partial charge on any atom is 0.303 e. The van der Waals surface area contributed by atoms with Crippen molar-refractivity contribution in [2.24, 2.45) is 5.92 Å². The summed E-state index contributed by atoms with van der Waals surface area (Å²) in [6.07, 6.45) is 8.51. The molecule has 27 heavy (non-hydrogen) atoms. The van der Waals surface area contributed by atoms with Crippen molar-refractivity contribution in [1.82, 2.24) is 0 Å². The molecule has 0 saturated carbocycles. The third-order valence-electron chi connectivity index (χ3n) is 6.14. The number of allylic oxidation sites excluding steroid dienone is 3. The molecule has 2 N–H and O–H groups in total. The summed E-state index contributed by atoms with van der Waals surface area (Å²) in [7, 11) is 0. The molecule has 5 heteroatoms. The van der Waals surface area contributed by atoms with Crippen LogP contribution in [0, 0.1) is 5.92 Å². The van der Waals surface area contributed by atoms with Crippen LogP contribution in [0.2, 0.25) is 0 Å². The third kappa shape index (κ3) is 5.66. The lowest BCUT2D eigenvalue weighted by atomic mass is 9.74. The van der Waals surface area contributed by atoms with Gasteiger partial charge in [0.15, 0.2) is 0 Å². The molecule has 5 nitrogen and oxygen atoms in total. The summed E-state index contributed by atoms with van der Waals surface area (Å²) < 4.78 is 12.2. The summed E-state index contributed by atoms with van der Waals surface area (Å²) in [5.41, 5.74) is 0.677. The van der Waals surface area contributed by atoms with E-state index in [4.69, 9.17) is 9.47 Å². The van der Waals surface area contributed by atoms with Gasteiger partial charge in [0.05, 0.1) is 18.3 Å². The number of fused-ring (bicyclic) bond motifs is 2. The maximum atomic E-state index is 11.7. The zero-order chi connectivity index (χ0) is 20.2. The molecule has 2 rings (SSSR count). The van der Waals surface area contributed by atoms with Crippen molar-refractivity contribution in [1.29, 1.82) is 0 Å².